The first-order valence-corrected chi connectivity index (χ1v) is 9.95. The third kappa shape index (κ3) is 5.68. The molecule has 1 N–H and O–H groups in total. The van der Waals surface area contributed by atoms with Crippen LogP contribution in [0.1, 0.15) is 69.6 Å². The standard InChI is InChI=1S/C24H29N3O2/c1-16(2)21-10-7-11-22(17(3)4)24(21)27(18(5)28)13-12-23(29)26-20-9-6-8-19(14-20)15-25/h6-11,14,16-17H,12-13H2,1-5H3,(H,26,29). The van der Waals surface area contributed by atoms with Gasteiger partial charge in [0.1, 0.15) is 0 Å². The van der Waals surface area contributed by atoms with Gasteiger partial charge in [-0.15, -0.1) is 0 Å². The molecule has 0 saturated carbocycles. The van der Waals surface area contributed by atoms with Gasteiger partial charge < -0.3 is 10.2 Å². The smallest absolute Gasteiger partial charge is 0.226 e. The zero-order chi connectivity index (χ0) is 21.6. The van der Waals surface area contributed by atoms with Gasteiger partial charge in [0, 0.05) is 25.6 Å². The highest BCUT2D eigenvalue weighted by molar-refractivity contribution is 5.96. The molecule has 0 atom stereocenters. The lowest BCUT2D eigenvalue weighted by Gasteiger charge is -2.29. The molecule has 0 spiro atoms. The third-order valence-corrected chi connectivity index (χ3v) is 4.83. The molecule has 0 unspecified atom stereocenters. The van der Waals surface area contributed by atoms with Gasteiger partial charge in [0.2, 0.25) is 11.8 Å². The SMILES string of the molecule is CC(=O)N(CCC(=O)Nc1cccc(C#N)c1)c1c(C(C)C)cccc1C(C)C. The second-order valence-electron chi connectivity index (χ2n) is 7.76. The normalized spacial score (nSPS) is 10.7. The maximum Gasteiger partial charge on any atom is 0.226 e. The molecular weight excluding hydrogens is 362 g/mol. The highest BCUT2D eigenvalue weighted by atomic mass is 16.2. The quantitative estimate of drug-likeness (QED) is 0.706. The van der Waals surface area contributed by atoms with Crippen molar-refractivity contribution in [1.29, 1.82) is 5.26 Å². The Morgan fingerprint density at radius 3 is 2.14 bits per heavy atom. The van der Waals surface area contributed by atoms with E-state index in [0.717, 1.165) is 16.8 Å². The number of nitrogens with one attached hydrogen (secondary N) is 1. The Morgan fingerprint density at radius 1 is 1.03 bits per heavy atom. The Labute approximate surface area is 173 Å². The Bertz CT molecular complexity index is 900. The van der Waals surface area contributed by atoms with Crippen LogP contribution in [0.5, 0.6) is 0 Å². The number of rotatable bonds is 7. The summed E-state index contributed by atoms with van der Waals surface area (Å²) in [6.45, 7) is 10.3. The molecule has 0 aromatic heterocycles. The van der Waals surface area contributed by atoms with Crippen LogP contribution in [0, 0.1) is 11.3 Å². The number of carbonyl (C=O) groups excluding carboxylic acids is 2. The van der Waals surface area contributed by atoms with E-state index >= 15 is 0 Å². The lowest BCUT2D eigenvalue weighted by atomic mass is 9.91. The van der Waals surface area contributed by atoms with E-state index in [9.17, 15) is 9.59 Å². The van der Waals surface area contributed by atoms with Crippen LogP contribution in [-0.4, -0.2) is 18.4 Å². The van der Waals surface area contributed by atoms with Crippen LogP contribution in [0.2, 0.25) is 0 Å². The Hall–Kier alpha value is -3.13. The van der Waals surface area contributed by atoms with Crippen LogP contribution in [-0.2, 0) is 9.59 Å². The predicted molar refractivity (Wildman–Crippen MR) is 117 cm³/mol. The first-order valence-electron chi connectivity index (χ1n) is 9.95. The van der Waals surface area contributed by atoms with Crippen molar-refractivity contribution in [3.05, 3.63) is 59.2 Å². The van der Waals surface area contributed by atoms with Crippen LogP contribution in [0.25, 0.3) is 0 Å². The van der Waals surface area contributed by atoms with E-state index < -0.39 is 0 Å². The Kier molecular flexibility index (Phi) is 7.55. The predicted octanol–water partition coefficient (Wildman–Crippen LogP) is 5.19. The molecule has 2 aromatic carbocycles. The second-order valence-corrected chi connectivity index (χ2v) is 7.76. The van der Waals surface area contributed by atoms with Gasteiger partial charge in [-0.3, -0.25) is 9.59 Å². The number of anilines is 2. The topological polar surface area (TPSA) is 73.2 Å². The minimum Gasteiger partial charge on any atom is -0.326 e. The Morgan fingerprint density at radius 2 is 1.62 bits per heavy atom. The van der Waals surface area contributed by atoms with Gasteiger partial charge in [0.15, 0.2) is 0 Å². The van der Waals surface area contributed by atoms with E-state index in [0.29, 0.717) is 17.8 Å². The van der Waals surface area contributed by atoms with Crippen molar-refractivity contribution in [3.63, 3.8) is 0 Å². The van der Waals surface area contributed by atoms with Crippen molar-refractivity contribution in [1.82, 2.24) is 0 Å². The van der Waals surface area contributed by atoms with Crippen LogP contribution in [0.4, 0.5) is 11.4 Å². The fourth-order valence-corrected chi connectivity index (χ4v) is 3.35. The molecule has 152 valence electrons. The molecule has 29 heavy (non-hydrogen) atoms. The second kappa shape index (κ2) is 9.88. The van der Waals surface area contributed by atoms with Crippen molar-refractivity contribution in [3.8, 4) is 6.07 Å². The lowest BCUT2D eigenvalue weighted by Crippen LogP contribution is -2.34. The van der Waals surface area contributed by atoms with Crippen LogP contribution >= 0.6 is 0 Å². The maximum absolute atomic E-state index is 12.5. The summed E-state index contributed by atoms with van der Waals surface area (Å²) in [6.07, 6.45) is 0.167. The lowest BCUT2D eigenvalue weighted by molar-refractivity contribution is -0.117. The first-order chi connectivity index (χ1) is 13.7. The summed E-state index contributed by atoms with van der Waals surface area (Å²) in [5, 5.41) is 11.8. The Balaban J connectivity index is 2.24. The molecule has 0 aliphatic carbocycles. The van der Waals surface area contributed by atoms with Gasteiger partial charge in [-0.2, -0.15) is 5.26 Å². The number of carbonyl (C=O) groups is 2. The van der Waals surface area contributed by atoms with Crippen LogP contribution in [0.3, 0.4) is 0 Å². The highest BCUT2D eigenvalue weighted by Gasteiger charge is 2.22. The van der Waals surface area contributed by atoms with Crippen molar-refractivity contribution in [2.45, 2.75) is 52.9 Å². The summed E-state index contributed by atoms with van der Waals surface area (Å²) in [5.41, 5.74) is 4.20. The molecular formula is C24H29N3O2. The molecule has 0 fully saturated rings. The molecule has 0 aliphatic rings. The molecule has 5 heteroatoms. The maximum atomic E-state index is 12.5. The number of hydrogen-bond acceptors (Lipinski definition) is 3. The summed E-state index contributed by atoms with van der Waals surface area (Å²) in [6, 6.07) is 15.0. The number of amides is 2. The van der Waals surface area contributed by atoms with Gasteiger partial charge in [0.05, 0.1) is 17.3 Å². The molecule has 5 nitrogen and oxygen atoms in total. The van der Waals surface area contributed by atoms with Crippen LogP contribution in [0.15, 0.2) is 42.5 Å². The average molecular weight is 392 g/mol. The summed E-state index contributed by atoms with van der Waals surface area (Å²) in [5.74, 6) is 0.236. The molecule has 2 aromatic rings. The molecule has 0 heterocycles. The van der Waals surface area contributed by atoms with Gasteiger partial charge in [0.25, 0.3) is 0 Å². The van der Waals surface area contributed by atoms with Gasteiger partial charge in [-0.25, -0.2) is 0 Å². The minimum absolute atomic E-state index is 0.0840. The van der Waals surface area contributed by atoms with Gasteiger partial charge in [-0.05, 0) is 41.2 Å². The summed E-state index contributed by atoms with van der Waals surface area (Å²) in [7, 11) is 0. The summed E-state index contributed by atoms with van der Waals surface area (Å²) in [4.78, 5) is 26.7. The molecule has 2 rings (SSSR count). The van der Waals surface area contributed by atoms with Gasteiger partial charge >= 0.3 is 0 Å². The third-order valence-electron chi connectivity index (χ3n) is 4.83. The van der Waals surface area contributed by atoms with Crippen molar-refractivity contribution in [2.24, 2.45) is 0 Å². The van der Waals surface area contributed by atoms with Crippen LogP contribution < -0.4 is 10.2 Å². The number of hydrogen-bond donors (Lipinski definition) is 1. The molecule has 0 bridgehead atoms. The van der Waals surface area contributed by atoms with E-state index in [1.165, 1.54) is 6.92 Å². The number of nitriles is 1. The largest absolute Gasteiger partial charge is 0.326 e. The highest BCUT2D eigenvalue weighted by Crippen LogP contribution is 2.35. The fraction of sp³-hybridized carbons (Fsp3) is 0.375. The van der Waals surface area contributed by atoms with Crippen molar-refractivity contribution >= 4 is 23.2 Å². The molecule has 2 amide bonds. The molecule has 0 radical (unpaired) electrons. The van der Waals surface area contributed by atoms with E-state index in [2.05, 4.69) is 51.2 Å². The van der Waals surface area contributed by atoms with E-state index in [-0.39, 0.29) is 30.1 Å². The average Bonchev–Trinajstić information content (AvgIpc) is 2.67. The number of para-hydroxylation sites is 1. The monoisotopic (exact) mass is 391 g/mol. The van der Waals surface area contributed by atoms with Crippen molar-refractivity contribution < 1.29 is 9.59 Å². The zero-order valence-corrected chi connectivity index (χ0v) is 17.8. The van der Waals surface area contributed by atoms with E-state index in [1.807, 2.05) is 6.07 Å². The first kappa shape index (κ1) is 22.2. The number of nitrogens with zero attached hydrogens (tertiary/aromatic N) is 2. The zero-order valence-electron chi connectivity index (χ0n) is 17.8. The number of benzene rings is 2. The minimum atomic E-state index is -0.195. The van der Waals surface area contributed by atoms with Crippen molar-refractivity contribution in [2.75, 3.05) is 16.8 Å². The fourth-order valence-electron chi connectivity index (χ4n) is 3.35. The molecule has 0 aliphatic heterocycles. The molecule has 0 saturated heterocycles. The summed E-state index contributed by atoms with van der Waals surface area (Å²) < 4.78 is 0. The summed E-state index contributed by atoms with van der Waals surface area (Å²) >= 11 is 0. The van der Waals surface area contributed by atoms with E-state index in [1.54, 1.807) is 29.2 Å². The van der Waals surface area contributed by atoms with Gasteiger partial charge in [-0.1, -0.05) is 52.0 Å². The van der Waals surface area contributed by atoms with E-state index in [4.69, 9.17) is 5.26 Å².